The summed E-state index contributed by atoms with van der Waals surface area (Å²) in [6.07, 6.45) is 0. The lowest BCUT2D eigenvalue weighted by molar-refractivity contribution is 0.0945. The first-order valence-corrected chi connectivity index (χ1v) is 10.9. The third kappa shape index (κ3) is 5.32. The Morgan fingerprint density at radius 1 is 1.21 bits per heavy atom. The molecule has 2 N–H and O–H groups in total. The van der Waals surface area contributed by atoms with Crippen molar-refractivity contribution in [1.82, 2.24) is 25.2 Å². The van der Waals surface area contributed by atoms with E-state index >= 15 is 0 Å². The summed E-state index contributed by atoms with van der Waals surface area (Å²) in [6.45, 7) is 2.03. The molecule has 0 aliphatic heterocycles. The largest absolute Gasteiger partial charge is 0.346 e. The monoisotopic (exact) mass is 455 g/mol. The van der Waals surface area contributed by atoms with E-state index in [9.17, 15) is 17.6 Å². The molecule has 0 spiro atoms. The van der Waals surface area contributed by atoms with Gasteiger partial charge >= 0.3 is 0 Å². The smallest absolute Gasteiger partial charge is 0.272 e. The minimum atomic E-state index is -3.91. The molecule has 0 aliphatic rings. The summed E-state index contributed by atoms with van der Waals surface area (Å²) >= 11 is 7.06. The van der Waals surface area contributed by atoms with Gasteiger partial charge in [-0.1, -0.05) is 11.6 Å². The number of nitrogens with zero attached hydrogens (tertiary/aromatic N) is 3. The van der Waals surface area contributed by atoms with Crippen LogP contribution in [0.2, 0.25) is 5.02 Å². The van der Waals surface area contributed by atoms with Gasteiger partial charge < -0.3 is 5.32 Å². The van der Waals surface area contributed by atoms with E-state index in [1.165, 1.54) is 23.5 Å². The molecule has 0 atom stereocenters. The van der Waals surface area contributed by atoms with Crippen molar-refractivity contribution in [3.05, 3.63) is 68.6 Å². The molecule has 8 nitrogen and oxygen atoms in total. The quantitative estimate of drug-likeness (QED) is 0.565. The number of nitrogens with one attached hydrogen (secondary N) is 2. The van der Waals surface area contributed by atoms with E-state index in [1.54, 1.807) is 5.51 Å². The third-order valence-electron chi connectivity index (χ3n) is 3.85. The number of hydrogen-bond donors (Lipinski definition) is 2. The zero-order chi connectivity index (χ0) is 21.0. The van der Waals surface area contributed by atoms with Gasteiger partial charge in [0.15, 0.2) is 5.69 Å². The highest BCUT2D eigenvalue weighted by molar-refractivity contribution is 7.89. The molecule has 0 aliphatic carbocycles. The second-order valence-corrected chi connectivity index (χ2v) is 8.97. The number of benzene rings is 1. The summed E-state index contributed by atoms with van der Waals surface area (Å²) in [5.74, 6) is -1.12. The van der Waals surface area contributed by atoms with Gasteiger partial charge in [-0.05, 0) is 37.3 Å². The molecular weight excluding hydrogens is 441 g/mol. The molecule has 2 aromatic heterocycles. The van der Waals surface area contributed by atoms with Crippen molar-refractivity contribution in [2.24, 2.45) is 0 Å². The maximum atomic E-state index is 13.2. The zero-order valence-electron chi connectivity index (χ0n) is 15.0. The number of halogens is 2. The number of sulfonamides is 1. The molecule has 12 heteroatoms. The molecule has 1 amide bonds. The van der Waals surface area contributed by atoms with E-state index in [2.05, 4.69) is 25.2 Å². The lowest BCUT2D eigenvalue weighted by Gasteiger charge is -2.07. The van der Waals surface area contributed by atoms with Crippen molar-refractivity contribution in [2.75, 3.05) is 0 Å². The van der Waals surface area contributed by atoms with E-state index in [1.807, 2.05) is 6.92 Å². The standard InChI is InChI=1S/C17H15ClFN5O3S2/c1-10-16(28-9-21-10)8-20-17(25)15-5-2-11(23-24-15)7-22-29(26,27)12-3-4-14(19)13(18)6-12/h2-6,9,22H,7-8H2,1H3,(H,20,25). The molecule has 0 saturated heterocycles. The minimum Gasteiger partial charge on any atom is -0.346 e. The molecule has 0 saturated carbocycles. The summed E-state index contributed by atoms with van der Waals surface area (Å²) in [5.41, 5.74) is 2.96. The highest BCUT2D eigenvalue weighted by Crippen LogP contribution is 2.19. The molecule has 152 valence electrons. The van der Waals surface area contributed by atoms with Crippen molar-refractivity contribution in [3.63, 3.8) is 0 Å². The van der Waals surface area contributed by atoms with Crippen LogP contribution in [0.3, 0.4) is 0 Å². The Hall–Kier alpha value is -2.47. The Balaban J connectivity index is 1.59. The Bertz CT molecular complexity index is 1140. The molecular formula is C17H15ClFN5O3S2. The van der Waals surface area contributed by atoms with Crippen LogP contribution >= 0.6 is 22.9 Å². The van der Waals surface area contributed by atoms with E-state index in [4.69, 9.17) is 11.6 Å². The van der Waals surface area contributed by atoms with Crippen LogP contribution in [0.15, 0.2) is 40.7 Å². The van der Waals surface area contributed by atoms with Crippen LogP contribution in [0.25, 0.3) is 0 Å². The van der Waals surface area contributed by atoms with Crippen molar-refractivity contribution >= 4 is 38.9 Å². The first-order chi connectivity index (χ1) is 13.8. The Morgan fingerprint density at radius 2 is 2.00 bits per heavy atom. The maximum absolute atomic E-state index is 13.2. The molecule has 0 fully saturated rings. The number of rotatable bonds is 7. The number of aromatic nitrogens is 3. The average molecular weight is 456 g/mol. The first-order valence-electron chi connectivity index (χ1n) is 8.21. The van der Waals surface area contributed by atoms with Crippen LogP contribution < -0.4 is 10.0 Å². The van der Waals surface area contributed by atoms with Crippen molar-refractivity contribution in [3.8, 4) is 0 Å². The van der Waals surface area contributed by atoms with E-state index in [0.29, 0.717) is 12.2 Å². The predicted molar refractivity (Wildman–Crippen MR) is 105 cm³/mol. The van der Waals surface area contributed by atoms with Crippen LogP contribution in [0.5, 0.6) is 0 Å². The summed E-state index contributed by atoms with van der Waals surface area (Å²) in [6, 6.07) is 6.02. The predicted octanol–water partition coefficient (Wildman–Crippen LogP) is 2.44. The van der Waals surface area contributed by atoms with Gasteiger partial charge in [-0.2, -0.15) is 5.10 Å². The molecule has 3 aromatic rings. The van der Waals surface area contributed by atoms with Gasteiger partial charge in [0, 0.05) is 4.88 Å². The normalized spacial score (nSPS) is 11.4. The minimum absolute atomic E-state index is 0.101. The topological polar surface area (TPSA) is 114 Å². The summed E-state index contributed by atoms with van der Waals surface area (Å²) < 4.78 is 40.0. The van der Waals surface area contributed by atoms with Gasteiger partial charge in [0.25, 0.3) is 5.91 Å². The maximum Gasteiger partial charge on any atom is 0.272 e. The number of hydrogen-bond acceptors (Lipinski definition) is 7. The van der Waals surface area contributed by atoms with Gasteiger partial charge in [0.05, 0.1) is 39.9 Å². The van der Waals surface area contributed by atoms with Crippen LogP contribution in [0.4, 0.5) is 4.39 Å². The first kappa shape index (κ1) is 21.2. The van der Waals surface area contributed by atoms with E-state index < -0.39 is 21.7 Å². The van der Waals surface area contributed by atoms with Gasteiger partial charge in [-0.3, -0.25) is 4.79 Å². The Kier molecular flexibility index (Phi) is 6.52. The van der Waals surface area contributed by atoms with Crippen molar-refractivity contribution in [2.45, 2.75) is 24.9 Å². The third-order valence-corrected chi connectivity index (χ3v) is 6.48. The van der Waals surface area contributed by atoms with Crippen LogP contribution in [0, 0.1) is 12.7 Å². The lowest BCUT2D eigenvalue weighted by Crippen LogP contribution is -2.26. The van der Waals surface area contributed by atoms with Crippen molar-refractivity contribution < 1.29 is 17.6 Å². The zero-order valence-corrected chi connectivity index (χ0v) is 17.4. The summed E-state index contributed by atoms with van der Waals surface area (Å²) in [4.78, 5) is 17.0. The van der Waals surface area contributed by atoms with Crippen molar-refractivity contribution in [1.29, 1.82) is 0 Å². The fourth-order valence-electron chi connectivity index (χ4n) is 2.22. The van der Waals surface area contributed by atoms with Crippen LogP contribution in [-0.4, -0.2) is 29.5 Å². The van der Waals surface area contributed by atoms with E-state index in [-0.39, 0.29) is 22.2 Å². The number of carbonyl (C=O) groups is 1. The molecule has 0 radical (unpaired) electrons. The second-order valence-electron chi connectivity index (χ2n) is 5.85. The number of aryl methyl sites for hydroxylation is 1. The summed E-state index contributed by atoms with van der Waals surface area (Å²) in [7, 11) is -3.91. The SMILES string of the molecule is Cc1ncsc1CNC(=O)c1ccc(CNS(=O)(=O)c2ccc(F)c(Cl)c2)nn1. The van der Waals surface area contributed by atoms with E-state index in [0.717, 1.165) is 28.8 Å². The summed E-state index contributed by atoms with van der Waals surface area (Å²) in [5, 5.41) is 10.1. The molecule has 2 heterocycles. The van der Waals surface area contributed by atoms with Crippen LogP contribution in [0.1, 0.15) is 26.8 Å². The number of thiazole rings is 1. The van der Waals surface area contributed by atoms with Crippen LogP contribution in [-0.2, 0) is 23.1 Å². The lowest BCUT2D eigenvalue weighted by atomic mass is 10.3. The molecule has 29 heavy (non-hydrogen) atoms. The van der Waals surface area contributed by atoms with Gasteiger partial charge in [0.1, 0.15) is 5.82 Å². The van der Waals surface area contributed by atoms with Gasteiger partial charge in [-0.25, -0.2) is 22.5 Å². The van der Waals surface area contributed by atoms with Gasteiger partial charge in [-0.15, -0.1) is 16.4 Å². The molecule has 1 aromatic carbocycles. The highest BCUT2D eigenvalue weighted by Gasteiger charge is 2.16. The molecule has 0 unspecified atom stereocenters. The second kappa shape index (κ2) is 8.91. The highest BCUT2D eigenvalue weighted by atomic mass is 35.5. The van der Waals surface area contributed by atoms with Gasteiger partial charge in [0.2, 0.25) is 10.0 Å². The fraction of sp³-hybridized carbons (Fsp3) is 0.176. The fourth-order valence-corrected chi connectivity index (χ4v) is 4.21. The molecule has 0 bridgehead atoms. The Morgan fingerprint density at radius 3 is 2.62 bits per heavy atom. The number of carbonyl (C=O) groups excluding carboxylic acids is 1. The number of amides is 1. The Labute approximate surface area is 175 Å². The molecule has 3 rings (SSSR count). The average Bonchev–Trinajstić information content (AvgIpc) is 3.12.